The molecule has 4 nitrogen and oxygen atoms in total. The van der Waals surface area contributed by atoms with Gasteiger partial charge in [0.05, 0.1) is 10.6 Å². The molecule has 0 saturated heterocycles. The molecule has 2 aromatic rings. The summed E-state index contributed by atoms with van der Waals surface area (Å²) in [6.07, 6.45) is 0.637. The maximum absolute atomic E-state index is 13.1. The van der Waals surface area contributed by atoms with Crippen molar-refractivity contribution in [1.29, 1.82) is 0 Å². The lowest BCUT2D eigenvalue weighted by Gasteiger charge is -2.09. The molecule has 0 fully saturated rings. The second kappa shape index (κ2) is 6.54. The minimum atomic E-state index is -1.00. The van der Waals surface area contributed by atoms with E-state index in [0.29, 0.717) is 24.5 Å². The van der Waals surface area contributed by atoms with E-state index in [1.165, 1.54) is 18.2 Å². The largest absolute Gasteiger partial charge is 0.478 e. The third-order valence-corrected chi connectivity index (χ3v) is 3.23. The molecule has 1 aromatic carbocycles. The number of nitrogens with one attached hydrogen (secondary N) is 1. The Morgan fingerprint density at radius 2 is 2.14 bits per heavy atom. The smallest absolute Gasteiger partial charge is 0.335 e. The first-order chi connectivity index (χ1) is 9.99. The highest BCUT2D eigenvalue weighted by Crippen LogP contribution is 2.17. The molecular formula is C15H14ClFN2O2. The second-order valence-corrected chi connectivity index (χ2v) is 4.90. The molecule has 0 saturated carbocycles. The third kappa shape index (κ3) is 3.92. The zero-order valence-corrected chi connectivity index (χ0v) is 12.1. The van der Waals surface area contributed by atoms with Crippen LogP contribution in [0.4, 0.5) is 10.2 Å². The number of aromatic carboxylic acids is 1. The van der Waals surface area contributed by atoms with Crippen molar-refractivity contribution < 1.29 is 14.3 Å². The van der Waals surface area contributed by atoms with Gasteiger partial charge < -0.3 is 10.4 Å². The molecule has 1 heterocycles. The van der Waals surface area contributed by atoms with Gasteiger partial charge in [-0.25, -0.2) is 14.2 Å². The Morgan fingerprint density at radius 3 is 2.76 bits per heavy atom. The number of hydrogen-bond acceptors (Lipinski definition) is 3. The van der Waals surface area contributed by atoms with Crippen molar-refractivity contribution in [2.45, 2.75) is 19.9 Å². The van der Waals surface area contributed by atoms with E-state index in [4.69, 9.17) is 16.7 Å². The van der Waals surface area contributed by atoms with Gasteiger partial charge in [-0.2, -0.15) is 0 Å². The number of carboxylic acid groups (broad SMARTS) is 1. The van der Waals surface area contributed by atoms with Crippen LogP contribution >= 0.6 is 11.6 Å². The van der Waals surface area contributed by atoms with Gasteiger partial charge in [0.15, 0.2) is 0 Å². The summed E-state index contributed by atoms with van der Waals surface area (Å²) in [4.78, 5) is 15.4. The number of nitrogens with zero attached hydrogens (tertiary/aromatic N) is 1. The number of halogens is 2. The van der Waals surface area contributed by atoms with Gasteiger partial charge in [0.25, 0.3) is 0 Å². The monoisotopic (exact) mass is 308 g/mol. The summed E-state index contributed by atoms with van der Waals surface area (Å²) in [6.45, 7) is 2.27. The molecule has 0 unspecified atom stereocenters. The van der Waals surface area contributed by atoms with Crippen molar-refractivity contribution in [2.24, 2.45) is 0 Å². The van der Waals surface area contributed by atoms with Crippen LogP contribution in [0, 0.1) is 5.82 Å². The van der Waals surface area contributed by atoms with Crippen LogP contribution < -0.4 is 5.32 Å². The fraction of sp³-hybridized carbons (Fsp3) is 0.200. The Balaban J connectivity index is 2.17. The van der Waals surface area contributed by atoms with Crippen LogP contribution in [-0.4, -0.2) is 16.1 Å². The first-order valence-corrected chi connectivity index (χ1v) is 6.79. The van der Waals surface area contributed by atoms with E-state index in [1.807, 2.05) is 6.92 Å². The Morgan fingerprint density at radius 1 is 1.38 bits per heavy atom. The zero-order valence-electron chi connectivity index (χ0n) is 11.4. The molecule has 6 heteroatoms. The van der Waals surface area contributed by atoms with Crippen molar-refractivity contribution in [3.8, 4) is 0 Å². The Labute approximate surface area is 126 Å². The number of benzene rings is 1. The standard InChI is InChI=1S/C15H14ClFN2O2/c1-2-11-6-10(15(20)21)7-14(19-11)18-8-9-3-4-13(17)12(16)5-9/h3-7H,2,8H2,1H3,(H,18,19)(H,20,21). The number of hydrogen-bond donors (Lipinski definition) is 2. The van der Waals surface area contributed by atoms with Crippen LogP contribution in [0.3, 0.4) is 0 Å². The molecule has 0 bridgehead atoms. The molecule has 110 valence electrons. The SMILES string of the molecule is CCc1cc(C(=O)O)cc(NCc2ccc(F)c(Cl)c2)n1. The fourth-order valence-electron chi connectivity index (χ4n) is 1.83. The van der Waals surface area contributed by atoms with Crippen molar-refractivity contribution >= 4 is 23.4 Å². The summed E-state index contributed by atoms with van der Waals surface area (Å²) >= 11 is 5.71. The molecule has 0 amide bonds. The molecule has 2 N–H and O–H groups in total. The summed E-state index contributed by atoms with van der Waals surface area (Å²) in [5.41, 5.74) is 1.65. The number of anilines is 1. The normalized spacial score (nSPS) is 10.4. The Bertz CT molecular complexity index is 677. The summed E-state index contributed by atoms with van der Waals surface area (Å²) in [6, 6.07) is 7.43. The van der Waals surface area contributed by atoms with Crippen LogP contribution in [0.1, 0.15) is 28.5 Å². The average Bonchev–Trinajstić information content (AvgIpc) is 2.48. The summed E-state index contributed by atoms with van der Waals surface area (Å²) in [5.74, 6) is -1.01. The first kappa shape index (κ1) is 15.3. The topological polar surface area (TPSA) is 62.2 Å². The van der Waals surface area contributed by atoms with Crippen molar-refractivity contribution in [3.63, 3.8) is 0 Å². The molecule has 0 aliphatic rings. The van der Waals surface area contributed by atoms with Gasteiger partial charge in [-0.15, -0.1) is 0 Å². The summed E-state index contributed by atoms with van der Waals surface area (Å²) in [5, 5.41) is 12.1. The summed E-state index contributed by atoms with van der Waals surface area (Å²) < 4.78 is 13.1. The number of aromatic nitrogens is 1. The predicted molar refractivity (Wildman–Crippen MR) is 79.3 cm³/mol. The van der Waals surface area contributed by atoms with E-state index in [9.17, 15) is 9.18 Å². The van der Waals surface area contributed by atoms with Gasteiger partial charge >= 0.3 is 5.97 Å². The highest BCUT2D eigenvalue weighted by atomic mass is 35.5. The molecule has 1 aromatic heterocycles. The number of aryl methyl sites for hydroxylation is 1. The first-order valence-electron chi connectivity index (χ1n) is 6.41. The Hall–Kier alpha value is -2.14. The number of carbonyl (C=O) groups is 1. The van der Waals surface area contributed by atoms with E-state index in [2.05, 4.69) is 10.3 Å². The van der Waals surface area contributed by atoms with Crippen LogP contribution in [0.5, 0.6) is 0 Å². The minimum absolute atomic E-state index is 0.0517. The molecule has 0 atom stereocenters. The number of pyridine rings is 1. The molecule has 0 aliphatic carbocycles. The Kier molecular flexibility index (Phi) is 4.75. The molecule has 21 heavy (non-hydrogen) atoms. The van der Waals surface area contributed by atoms with Crippen LogP contribution in [0.2, 0.25) is 5.02 Å². The highest BCUT2D eigenvalue weighted by molar-refractivity contribution is 6.30. The van der Waals surface area contributed by atoms with Crippen LogP contribution in [0.15, 0.2) is 30.3 Å². The van der Waals surface area contributed by atoms with Crippen LogP contribution in [0.25, 0.3) is 0 Å². The molecule has 0 aliphatic heterocycles. The fourth-order valence-corrected chi connectivity index (χ4v) is 2.03. The maximum Gasteiger partial charge on any atom is 0.335 e. The molecular weight excluding hydrogens is 295 g/mol. The quantitative estimate of drug-likeness (QED) is 0.883. The third-order valence-electron chi connectivity index (χ3n) is 2.95. The molecule has 0 spiro atoms. The van der Waals surface area contributed by atoms with E-state index >= 15 is 0 Å². The lowest BCUT2D eigenvalue weighted by atomic mass is 10.2. The number of carboxylic acids is 1. The van der Waals surface area contributed by atoms with Gasteiger partial charge in [-0.3, -0.25) is 0 Å². The highest BCUT2D eigenvalue weighted by Gasteiger charge is 2.08. The van der Waals surface area contributed by atoms with Gasteiger partial charge in [0.2, 0.25) is 0 Å². The van der Waals surface area contributed by atoms with Gasteiger partial charge in [0, 0.05) is 12.2 Å². The van der Waals surface area contributed by atoms with Gasteiger partial charge in [-0.1, -0.05) is 24.6 Å². The lowest BCUT2D eigenvalue weighted by molar-refractivity contribution is 0.0696. The zero-order chi connectivity index (χ0) is 15.4. The number of rotatable bonds is 5. The van der Waals surface area contributed by atoms with Gasteiger partial charge in [-0.05, 0) is 36.2 Å². The van der Waals surface area contributed by atoms with E-state index in [1.54, 1.807) is 12.1 Å². The predicted octanol–water partition coefficient (Wildman–Crippen LogP) is 3.75. The van der Waals surface area contributed by atoms with Crippen molar-refractivity contribution in [3.05, 3.63) is 58.0 Å². The molecule has 2 rings (SSSR count). The van der Waals surface area contributed by atoms with Crippen LogP contribution in [-0.2, 0) is 13.0 Å². The van der Waals surface area contributed by atoms with E-state index < -0.39 is 11.8 Å². The minimum Gasteiger partial charge on any atom is -0.478 e. The molecule has 0 radical (unpaired) electrons. The lowest BCUT2D eigenvalue weighted by Crippen LogP contribution is -2.06. The van der Waals surface area contributed by atoms with Crippen molar-refractivity contribution in [1.82, 2.24) is 4.98 Å². The average molecular weight is 309 g/mol. The van der Waals surface area contributed by atoms with E-state index in [-0.39, 0.29) is 10.6 Å². The van der Waals surface area contributed by atoms with Gasteiger partial charge in [0.1, 0.15) is 11.6 Å². The van der Waals surface area contributed by atoms with E-state index in [0.717, 1.165) is 5.56 Å². The summed E-state index contributed by atoms with van der Waals surface area (Å²) in [7, 11) is 0. The maximum atomic E-state index is 13.1. The second-order valence-electron chi connectivity index (χ2n) is 4.49. The van der Waals surface area contributed by atoms with Crippen molar-refractivity contribution in [2.75, 3.05) is 5.32 Å².